The minimum absolute atomic E-state index is 0.450. The highest BCUT2D eigenvalue weighted by atomic mass is 15.3. The molecule has 4 heterocycles. The molecule has 2 aromatic heterocycles. The van der Waals surface area contributed by atoms with Crippen LogP contribution < -0.4 is 10.2 Å². The number of pyridine rings is 1. The maximum atomic E-state index is 5.06. The van der Waals surface area contributed by atoms with Crippen LogP contribution in [0.2, 0.25) is 0 Å². The lowest BCUT2D eigenvalue weighted by Gasteiger charge is -2.33. The number of anilines is 1. The highest BCUT2D eigenvalue weighted by Crippen LogP contribution is 2.32. The van der Waals surface area contributed by atoms with E-state index in [9.17, 15) is 0 Å². The van der Waals surface area contributed by atoms with Gasteiger partial charge in [0.2, 0.25) is 5.95 Å². The summed E-state index contributed by atoms with van der Waals surface area (Å²) in [7, 11) is 2.17. The zero-order valence-corrected chi connectivity index (χ0v) is 14.9. The van der Waals surface area contributed by atoms with Crippen molar-refractivity contribution in [2.24, 2.45) is 0 Å². The van der Waals surface area contributed by atoms with Crippen LogP contribution in [0.1, 0.15) is 24.5 Å². The number of nitrogens with one attached hydrogen (secondary N) is 1. The molecule has 1 unspecified atom stereocenters. The molecule has 0 amide bonds. The van der Waals surface area contributed by atoms with Crippen molar-refractivity contribution in [3.8, 4) is 11.1 Å². The van der Waals surface area contributed by atoms with Gasteiger partial charge in [0, 0.05) is 62.8 Å². The number of piperidine rings is 1. The first-order valence-electron chi connectivity index (χ1n) is 9.23. The molecule has 2 fully saturated rings. The van der Waals surface area contributed by atoms with E-state index in [4.69, 9.17) is 9.97 Å². The third kappa shape index (κ3) is 3.65. The maximum absolute atomic E-state index is 5.06. The number of rotatable bonds is 3. The Kier molecular flexibility index (Phi) is 4.90. The molecule has 2 aliphatic heterocycles. The monoisotopic (exact) mass is 338 g/mol. The standard InChI is InChI=1S/C19H26N6/c1-24-9-11-25(12-10-24)19-22-14-17(15-4-7-20-8-5-15)18(23-19)16-3-2-6-21-13-16/h4-5,7-8,14,16,21H,2-3,6,9-13H2,1H3. The molecule has 2 saturated heterocycles. The van der Waals surface area contributed by atoms with Crippen LogP contribution in [0.4, 0.5) is 5.95 Å². The van der Waals surface area contributed by atoms with Crippen molar-refractivity contribution in [1.29, 1.82) is 0 Å². The highest BCUT2D eigenvalue weighted by Gasteiger charge is 2.24. The first kappa shape index (κ1) is 16.4. The van der Waals surface area contributed by atoms with Crippen LogP contribution >= 0.6 is 0 Å². The summed E-state index contributed by atoms with van der Waals surface area (Å²) in [5.41, 5.74) is 3.48. The molecule has 0 aromatic carbocycles. The fourth-order valence-electron chi connectivity index (χ4n) is 3.69. The lowest BCUT2D eigenvalue weighted by atomic mass is 9.91. The lowest BCUT2D eigenvalue weighted by Crippen LogP contribution is -2.45. The highest BCUT2D eigenvalue weighted by molar-refractivity contribution is 5.66. The summed E-state index contributed by atoms with van der Waals surface area (Å²) in [6.07, 6.45) is 8.08. The Bertz CT molecular complexity index is 690. The summed E-state index contributed by atoms with van der Waals surface area (Å²) < 4.78 is 0. The second-order valence-corrected chi connectivity index (χ2v) is 7.04. The molecule has 2 aromatic rings. The largest absolute Gasteiger partial charge is 0.338 e. The van der Waals surface area contributed by atoms with Gasteiger partial charge >= 0.3 is 0 Å². The molecular weight excluding hydrogens is 312 g/mol. The summed E-state index contributed by atoms with van der Waals surface area (Å²) >= 11 is 0. The van der Waals surface area contributed by atoms with E-state index in [0.29, 0.717) is 5.92 Å². The Balaban J connectivity index is 1.69. The van der Waals surface area contributed by atoms with E-state index in [2.05, 4.69) is 27.1 Å². The molecule has 25 heavy (non-hydrogen) atoms. The zero-order valence-electron chi connectivity index (χ0n) is 14.9. The number of nitrogens with zero attached hydrogens (tertiary/aromatic N) is 5. The second kappa shape index (κ2) is 7.45. The van der Waals surface area contributed by atoms with Gasteiger partial charge in [0.1, 0.15) is 0 Å². The molecule has 0 saturated carbocycles. The van der Waals surface area contributed by atoms with Crippen LogP contribution in [0, 0.1) is 0 Å². The third-order valence-electron chi connectivity index (χ3n) is 5.27. The minimum Gasteiger partial charge on any atom is -0.338 e. The molecule has 0 aliphatic carbocycles. The molecule has 2 aliphatic rings. The summed E-state index contributed by atoms with van der Waals surface area (Å²) in [5.74, 6) is 1.33. The fraction of sp³-hybridized carbons (Fsp3) is 0.526. The van der Waals surface area contributed by atoms with Crippen molar-refractivity contribution in [3.05, 3.63) is 36.4 Å². The summed E-state index contributed by atoms with van der Waals surface area (Å²) in [6, 6.07) is 4.10. The van der Waals surface area contributed by atoms with Gasteiger partial charge in [0.05, 0.1) is 5.69 Å². The van der Waals surface area contributed by atoms with Crippen molar-refractivity contribution in [2.75, 3.05) is 51.2 Å². The Morgan fingerprint density at radius 3 is 2.64 bits per heavy atom. The Morgan fingerprint density at radius 1 is 1.12 bits per heavy atom. The minimum atomic E-state index is 0.450. The van der Waals surface area contributed by atoms with Crippen molar-refractivity contribution in [2.45, 2.75) is 18.8 Å². The fourth-order valence-corrected chi connectivity index (χ4v) is 3.69. The molecule has 132 valence electrons. The molecule has 6 nitrogen and oxygen atoms in total. The van der Waals surface area contributed by atoms with Crippen molar-refractivity contribution in [3.63, 3.8) is 0 Å². The lowest BCUT2D eigenvalue weighted by molar-refractivity contribution is 0.311. The molecule has 0 spiro atoms. The van der Waals surface area contributed by atoms with E-state index in [1.165, 1.54) is 18.5 Å². The second-order valence-electron chi connectivity index (χ2n) is 7.04. The zero-order chi connectivity index (χ0) is 17.1. The average Bonchev–Trinajstić information content (AvgIpc) is 2.69. The van der Waals surface area contributed by atoms with E-state index in [-0.39, 0.29) is 0 Å². The third-order valence-corrected chi connectivity index (χ3v) is 5.27. The van der Waals surface area contributed by atoms with Crippen LogP contribution in [-0.4, -0.2) is 66.2 Å². The van der Waals surface area contributed by atoms with Gasteiger partial charge in [-0.25, -0.2) is 9.97 Å². The Morgan fingerprint density at radius 2 is 1.92 bits per heavy atom. The van der Waals surface area contributed by atoms with Gasteiger partial charge in [0.25, 0.3) is 0 Å². The molecule has 1 atom stereocenters. The predicted octanol–water partition coefficient (Wildman–Crippen LogP) is 1.76. The van der Waals surface area contributed by atoms with Gasteiger partial charge in [0.15, 0.2) is 0 Å². The average molecular weight is 338 g/mol. The quantitative estimate of drug-likeness (QED) is 0.920. The van der Waals surface area contributed by atoms with Crippen LogP contribution in [0.15, 0.2) is 30.7 Å². The molecular formula is C19H26N6. The van der Waals surface area contributed by atoms with Crippen LogP contribution in [0.25, 0.3) is 11.1 Å². The maximum Gasteiger partial charge on any atom is 0.225 e. The van der Waals surface area contributed by atoms with E-state index < -0.39 is 0 Å². The van der Waals surface area contributed by atoms with Crippen LogP contribution in [0.5, 0.6) is 0 Å². The molecule has 6 heteroatoms. The van der Waals surface area contributed by atoms with Crippen molar-refractivity contribution in [1.82, 2.24) is 25.2 Å². The Hall–Kier alpha value is -2.05. The molecule has 0 radical (unpaired) electrons. The number of hydrogen-bond donors (Lipinski definition) is 1. The van der Waals surface area contributed by atoms with Gasteiger partial charge in [-0.1, -0.05) is 0 Å². The van der Waals surface area contributed by atoms with Crippen molar-refractivity contribution < 1.29 is 0 Å². The molecule has 1 N–H and O–H groups in total. The number of aromatic nitrogens is 3. The van der Waals surface area contributed by atoms with Crippen molar-refractivity contribution >= 4 is 5.95 Å². The van der Waals surface area contributed by atoms with Gasteiger partial charge in [-0.05, 0) is 44.1 Å². The first-order valence-corrected chi connectivity index (χ1v) is 9.23. The van der Waals surface area contributed by atoms with Gasteiger partial charge in [-0.15, -0.1) is 0 Å². The number of piperazine rings is 1. The summed E-state index contributed by atoms with van der Waals surface area (Å²) in [4.78, 5) is 18.6. The van der Waals surface area contributed by atoms with E-state index in [1.807, 2.05) is 30.7 Å². The van der Waals surface area contributed by atoms with E-state index in [1.54, 1.807) is 0 Å². The molecule has 4 rings (SSSR count). The van der Waals surface area contributed by atoms with Crippen LogP contribution in [0.3, 0.4) is 0 Å². The summed E-state index contributed by atoms with van der Waals surface area (Å²) in [5, 5.41) is 3.52. The van der Waals surface area contributed by atoms with Gasteiger partial charge < -0.3 is 15.1 Å². The SMILES string of the molecule is CN1CCN(c2ncc(-c3ccncc3)c(C3CCCNC3)n2)CC1. The molecule has 0 bridgehead atoms. The first-order chi connectivity index (χ1) is 12.3. The van der Waals surface area contributed by atoms with E-state index >= 15 is 0 Å². The predicted molar refractivity (Wildman–Crippen MR) is 99.8 cm³/mol. The Labute approximate surface area is 149 Å². The van der Waals surface area contributed by atoms with E-state index in [0.717, 1.165) is 56.3 Å². The van der Waals surface area contributed by atoms with Crippen LogP contribution in [-0.2, 0) is 0 Å². The number of likely N-dealkylation sites (N-methyl/N-ethyl adjacent to an activating group) is 1. The smallest absolute Gasteiger partial charge is 0.225 e. The summed E-state index contributed by atoms with van der Waals surface area (Å²) in [6.45, 7) is 6.22. The topological polar surface area (TPSA) is 57.2 Å². The van der Waals surface area contributed by atoms with Gasteiger partial charge in [-0.3, -0.25) is 4.98 Å². The van der Waals surface area contributed by atoms with Gasteiger partial charge in [-0.2, -0.15) is 0 Å². The number of hydrogen-bond acceptors (Lipinski definition) is 6. The normalized spacial score (nSPS) is 22.1.